The van der Waals surface area contributed by atoms with E-state index < -0.39 is 18.8 Å². The van der Waals surface area contributed by atoms with Crippen molar-refractivity contribution in [3.63, 3.8) is 0 Å². The van der Waals surface area contributed by atoms with Gasteiger partial charge in [0.25, 0.3) is 0 Å². The van der Waals surface area contributed by atoms with Gasteiger partial charge in [-0.1, -0.05) is 0 Å². The first-order valence-corrected chi connectivity index (χ1v) is 13.9. The number of carbonyl (C=O) groups is 1. The van der Waals surface area contributed by atoms with Crippen molar-refractivity contribution in [1.82, 2.24) is 24.6 Å². The fourth-order valence-corrected chi connectivity index (χ4v) is 5.21. The van der Waals surface area contributed by atoms with Gasteiger partial charge >= 0.3 is 12.2 Å². The number of benzene rings is 2. The molecule has 14 heteroatoms. The molecule has 0 saturated carbocycles. The van der Waals surface area contributed by atoms with Gasteiger partial charge in [0.15, 0.2) is 11.5 Å². The highest BCUT2D eigenvalue weighted by Crippen LogP contribution is 2.36. The van der Waals surface area contributed by atoms with Gasteiger partial charge in [-0.05, 0) is 69.0 Å². The molecule has 0 spiro atoms. The highest BCUT2D eigenvalue weighted by molar-refractivity contribution is 6.00. The number of hydrogen-bond donors (Lipinski definition) is 2. The number of fused-ring (bicyclic) bond motifs is 3. The van der Waals surface area contributed by atoms with E-state index in [1.54, 1.807) is 48.5 Å². The van der Waals surface area contributed by atoms with Gasteiger partial charge in [0.2, 0.25) is 0 Å². The number of nitrogens with zero attached hydrogens (tertiary/aromatic N) is 6. The maximum absolute atomic E-state index is 13.3. The number of hydrogen-bond acceptors (Lipinski definition) is 8. The third-order valence-corrected chi connectivity index (χ3v) is 7.30. The minimum atomic E-state index is -4.46. The van der Waals surface area contributed by atoms with Crippen molar-refractivity contribution in [2.45, 2.75) is 31.3 Å². The van der Waals surface area contributed by atoms with Crippen LogP contribution in [0.2, 0.25) is 0 Å². The Labute approximate surface area is 245 Å². The van der Waals surface area contributed by atoms with Crippen molar-refractivity contribution in [2.75, 3.05) is 55.9 Å². The van der Waals surface area contributed by atoms with Crippen molar-refractivity contribution in [3.8, 4) is 17.1 Å². The lowest BCUT2D eigenvalue weighted by Gasteiger charge is -2.28. The Kier molecular flexibility index (Phi) is 7.79. The molecule has 2 amide bonds. The Balaban J connectivity index is 1.17. The van der Waals surface area contributed by atoms with Crippen molar-refractivity contribution >= 4 is 34.3 Å². The van der Waals surface area contributed by atoms with Crippen LogP contribution in [0, 0.1) is 0 Å². The summed E-state index contributed by atoms with van der Waals surface area (Å²) in [5.74, 6) is 1.51. The number of likely N-dealkylation sites (N-methyl/N-ethyl adjacent to an activating group) is 1. The summed E-state index contributed by atoms with van der Waals surface area (Å²) < 4.78 is 52.1. The minimum Gasteiger partial charge on any atom is -0.492 e. The number of halogens is 3. The summed E-state index contributed by atoms with van der Waals surface area (Å²) in [5.41, 5.74) is 1.80. The zero-order valence-electron chi connectivity index (χ0n) is 23.6. The second-order valence-electron chi connectivity index (χ2n) is 10.9. The van der Waals surface area contributed by atoms with Crippen LogP contribution < -0.4 is 20.3 Å². The van der Waals surface area contributed by atoms with E-state index in [0.717, 1.165) is 17.6 Å². The van der Waals surface area contributed by atoms with Crippen LogP contribution in [0.15, 0.2) is 54.7 Å². The van der Waals surface area contributed by atoms with Crippen molar-refractivity contribution in [1.29, 1.82) is 0 Å². The van der Waals surface area contributed by atoms with E-state index in [-0.39, 0.29) is 23.6 Å². The maximum Gasteiger partial charge on any atom is 0.408 e. The highest BCUT2D eigenvalue weighted by atomic mass is 19.4. The number of urea groups is 1. The van der Waals surface area contributed by atoms with Gasteiger partial charge in [-0.25, -0.2) is 19.4 Å². The molecule has 2 aromatic heterocycles. The summed E-state index contributed by atoms with van der Waals surface area (Å²) in [6.45, 7) is 1.23. The fraction of sp³-hybridized carbons (Fsp3) is 0.379. The van der Waals surface area contributed by atoms with E-state index >= 15 is 0 Å². The number of aromatic nitrogens is 4. The lowest BCUT2D eigenvalue weighted by molar-refractivity contribution is -0.141. The van der Waals surface area contributed by atoms with Crippen LogP contribution in [0.25, 0.3) is 22.4 Å². The average molecular weight is 597 g/mol. The summed E-state index contributed by atoms with van der Waals surface area (Å²) in [4.78, 5) is 25.9. The first-order chi connectivity index (χ1) is 20.6. The molecular formula is C29H31F3N8O3. The van der Waals surface area contributed by atoms with Crippen molar-refractivity contribution in [2.24, 2.45) is 0 Å². The van der Waals surface area contributed by atoms with E-state index in [2.05, 4.69) is 25.6 Å². The molecule has 2 saturated heterocycles. The van der Waals surface area contributed by atoms with Gasteiger partial charge in [-0.2, -0.15) is 18.3 Å². The standard InChI is InChI=1S/C29H31F3N8O3/c1-38(2)11-12-42-22-9-7-20(8-10-22)35-28(41)34-19-5-3-18(4-6-19)25-36-26(39-15-23-13-21(39)16-43-23)24-14-33-40(27(24)37-25)17-29(30,31)32/h3-10,14,21,23H,11-13,15-17H2,1-2H3,(H2,34,35,41). The molecular weight excluding hydrogens is 565 g/mol. The van der Waals surface area contributed by atoms with Gasteiger partial charge in [0.05, 0.1) is 30.3 Å². The molecule has 2 fully saturated rings. The second-order valence-corrected chi connectivity index (χ2v) is 10.9. The van der Waals surface area contributed by atoms with Crippen LogP contribution in [0.5, 0.6) is 5.75 Å². The SMILES string of the molecule is CN(C)CCOc1ccc(NC(=O)Nc2ccc(-c3nc(N4CC5CC4CO5)c4cnn(CC(F)(F)F)c4n3)cc2)cc1. The van der Waals surface area contributed by atoms with E-state index in [1.165, 1.54) is 6.20 Å². The Morgan fingerprint density at radius 1 is 1.07 bits per heavy atom. The van der Waals surface area contributed by atoms with Gasteiger partial charge in [0.1, 0.15) is 24.7 Å². The summed E-state index contributed by atoms with van der Waals surface area (Å²) in [7, 11) is 3.94. The number of carbonyl (C=O) groups excluding carboxylic acids is 1. The molecule has 226 valence electrons. The zero-order valence-corrected chi connectivity index (χ0v) is 23.6. The zero-order chi connectivity index (χ0) is 30.1. The van der Waals surface area contributed by atoms with Gasteiger partial charge in [0, 0.05) is 30.0 Å². The first-order valence-electron chi connectivity index (χ1n) is 13.9. The fourth-order valence-electron chi connectivity index (χ4n) is 5.21. The Morgan fingerprint density at radius 2 is 1.77 bits per heavy atom. The lowest BCUT2D eigenvalue weighted by Crippen LogP contribution is -2.37. The maximum atomic E-state index is 13.3. The molecule has 0 aliphatic carbocycles. The smallest absolute Gasteiger partial charge is 0.408 e. The summed E-state index contributed by atoms with van der Waals surface area (Å²) in [5, 5.41) is 10.0. The monoisotopic (exact) mass is 596 g/mol. The minimum absolute atomic E-state index is 0.0690. The number of nitrogens with one attached hydrogen (secondary N) is 2. The average Bonchev–Trinajstić information content (AvgIpc) is 3.70. The Hall–Kier alpha value is -4.43. The van der Waals surface area contributed by atoms with Crippen LogP contribution in [0.3, 0.4) is 0 Å². The van der Waals surface area contributed by atoms with E-state index in [1.807, 2.05) is 19.0 Å². The second kappa shape index (κ2) is 11.7. The molecule has 0 radical (unpaired) electrons. The quantitative estimate of drug-likeness (QED) is 0.288. The molecule has 2 bridgehead atoms. The predicted octanol–water partition coefficient (Wildman–Crippen LogP) is 4.62. The molecule has 2 unspecified atom stereocenters. The van der Waals surface area contributed by atoms with Crippen LogP contribution in [-0.4, -0.2) is 89.4 Å². The summed E-state index contributed by atoms with van der Waals surface area (Å²) >= 11 is 0. The van der Waals surface area contributed by atoms with E-state index in [4.69, 9.17) is 14.5 Å². The van der Waals surface area contributed by atoms with Crippen LogP contribution in [0.4, 0.5) is 35.2 Å². The molecule has 2 aliphatic heterocycles. The largest absolute Gasteiger partial charge is 0.492 e. The van der Waals surface area contributed by atoms with Gasteiger partial charge < -0.3 is 29.9 Å². The molecule has 4 aromatic rings. The van der Waals surface area contributed by atoms with E-state index in [0.29, 0.717) is 53.7 Å². The number of alkyl halides is 3. The van der Waals surface area contributed by atoms with Gasteiger partial charge in [-0.3, -0.25) is 0 Å². The molecule has 2 N–H and O–H groups in total. The number of ether oxygens (including phenoxy) is 2. The molecule has 43 heavy (non-hydrogen) atoms. The first kappa shape index (κ1) is 28.7. The molecule has 6 rings (SSSR count). The third kappa shape index (κ3) is 6.65. The molecule has 2 aliphatic rings. The predicted molar refractivity (Wildman–Crippen MR) is 155 cm³/mol. The number of morpholine rings is 1. The Bertz CT molecular complexity index is 1590. The number of anilines is 3. The van der Waals surface area contributed by atoms with Gasteiger partial charge in [-0.15, -0.1) is 0 Å². The molecule has 2 aromatic carbocycles. The van der Waals surface area contributed by atoms with Crippen LogP contribution in [-0.2, 0) is 11.3 Å². The van der Waals surface area contributed by atoms with Crippen LogP contribution >= 0.6 is 0 Å². The van der Waals surface area contributed by atoms with E-state index in [9.17, 15) is 18.0 Å². The van der Waals surface area contributed by atoms with Crippen molar-refractivity contribution in [3.05, 3.63) is 54.7 Å². The third-order valence-electron chi connectivity index (χ3n) is 7.30. The lowest BCUT2D eigenvalue weighted by atomic mass is 10.2. The van der Waals surface area contributed by atoms with Crippen molar-refractivity contribution < 1.29 is 27.4 Å². The normalized spacial score (nSPS) is 18.0. The molecule has 2 atom stereocenters. The van der Waals surface area contributed by atoms with Crippen LogP contribution in [0.1, 0.15) is 6.42 Å². The molecule has 11 nitrogen and oxygen atoms in total. The highest BCUT2D eigenvalue weighted by Gasteiger charge is 2.41. The number of amides is 2. The molecule has 4 heterocycles. The summed E-state index contributed by atoms with van der Waals surface area (Å²) in [6, 6.07) is 13.5. The summed E-state index contributed by atoms with van der Waals surface area (Å²) in [6.07, 6.45) is -2.15. The topological polar surface area (TPSA) is 110 Å². The Morgan fingerprint density at radius 3 is 2.37 bits per heavy atom. The number of rotatable bonds is 9.